The van der Waals surface area contributed by atoms with Gasteiger partial charge in [0.15, 0.2) is 0 Å². The monoisotopic (exact) mass is 250 g/mol. The second kappa shape index (κ2) is 5.48. The Morgan fingerprint density at radius 3 is 2.63 bits per heavy atom. The summed E-state index contributed by atoms with van der Waals surface area (Å²) >= 11 is 0. The maximum absolute atomic E-state index is 4.34. The maximum Gasteiger partial charge on any atom is 0.244 e. The van der Waals surface area contributed by atoms with E-state index in [1.807, 2.05) is 30.5 Å². The molecule has 1 aromatic carbocycles. The van der Waals surface area contributed by atoms with E-state index in [1.54, 1.807) is 0 Å². The Hall–Kier alpha value is -2.42. The van der Waals surface area contributed by atoms with E-state index in [0.717, 1.165) is 18.8 Å². The van der Waals surface area contributed by atoms with Crippen LogP contribution in [-0.2, 0) is 13.1 Å². The van der Waals surface area contributed by atoms with Gasteiger partial charge in [0.25, 0.3) is 0 Å². The van der Waals surface area contributed by atoms with Crippen LogP contribution in [0.4, 0.5) is 0 Å². The summed E-state index contributed by atoms with van der Waals surface area (Å²) in [4.78, 5) is 4.34. The van der Waals surface area contributed by atoms with Crippen LogP contribution in [-0.4, -0.2) is 9.55 Å². The number of hydrogen-bond donors (Lipinski definition) is 0. The topological polar surface area (TPSA) is 21.7 Å². The zero-order chi connectivity index (χ0) is 12.9. The summed E-state index contributed by atoms with van der Waals surface area (Å²) in [7, 11) is 0. The molecule has 2 heterocycles. The number of benzene rings is 1. The summed E-state index contributed by atoms with van der Waals surface area (Å²) < 4.78 is 4.32. The van der Waals surface area contributed by atoms with Gasteiger partial charge in [-0.05, 0) is 17.7 Å². The molecular weight excluding hydrogens is 234 g/mol. The Balaban J connectivity index is 1.70. The lowest BCUT2D eigenvalue weighted by atomic mass is 10.2. The molecule has 0 aliphatic rings. The summed E-state index contributed by atoms with van der Waals surface area (Å²) in [5.74, 6) is 0. The van der Waals surface area contributed by atoms with Gasteiger partial charge in [0, 0.05) is 6.20 Å². The first-order valence-corrected chi connectivity index (χ1v) is 6.39. The van der Waals surface area contributed by atoms with E-state index in [9.17, 15) is 0 Å². The molecule has 0 saturated heterocycles. The van der Waals surface area contributed by atoms with E-state index in [1.165, 1.54) is 5.56 Å². The number of aromatic nitrogens is 3. The molecule has 19 heavy (non-hydrogen) atoms. The minimum atomic E-state index is 0.808. The maximum atomic E-state index is 4.34. The second-order valence-corrected chi connectivity index (χ2v) is 4.56. The molecule has 0 atom stereocenters. The summed E-state index contributed by atoms with van der Waals surface area (Å²) in [6.07, 6.45) is 8.12. The number of pyridine rings is 1. The zero-order valence-electron chi connectivity index (χ0n) is 10.7. The van der Waals surface area contributed by atoms with Crippen molar-refractivity contribution < 1.29 is 4.57 Å². The molecule has 0 N–H and O–H groups in total. The Bertz CT molecular complexity index is 573. The van der Waals surface area contributed by atoms with Crippen molar-refractivity contribution in [2.75, 3.05) is 0 Å². The third kappa shape index (κ3) is 3.07. The lowest BCUT2D eigenvalue weighted by Crippen LogP contribution is -2.31. The van der Waals surface area contributed by atoms with Crippen LogP contribution in [0.15, 0.2) is 73.4 Å². The van der Waals surface area contributed by atoms with Crippen molar-refractivity contribution in [3.05, 3.63) is 84.7 Å². The molecule has 0 fully saturated rings. The Kier molecular flexibility index (Phi) is 3.36. The van der Waals surface area contributed by atoms with Gasteiger partial charge < -0.3 is 0 Å². The highest BCUT2D eigenvalue weighted by atomic mass is 15.1. The Morgan fingerprint density at radius 1 is 1.00 bits per heavy atom. The van der Waals surface area contributed by atoms with Crippen molar-refractivity contribution in [2.24, 2.45) is 0 Å². The zero-order valence-corrected chi connectivity index (χ0v) is 10.7. The van der Waals surface area contributed by atoms with Gasteiger partial charge in [-0.15, -0.1) is 0 Å². The fourth-order valence-electron chi connectivity index (χ4n) is 2.10. The summed E-state index contributed by atoms with van der Waals surface area (Å²) in [6.45, 7) is 1.71. The van der Waals surface area contributed by atoms with Gasteiger partial charge in [0.1, 0.15) is 25.5 Å². The molecule has 94 valence electrons. The summed E-state index contributed by atoms with van der Waals surface area (Å²) in [5, 5.41) is 0. The Morgan fingerprint density at radius 2 is 1.84 bits per heavy atom. The van der Waals surface area contributed by atoms with E-state index in [4.69, 9.17) is 0 Å². The number of imidazole rings is 1. The molecule has 0 unspecified atom stereocenters. The molecule has 0 amide bonds. The predicted molar refractivity (Wildman–Crippen MR) is 73.5 cm³/mol. The van der Waals surface area contributed by atoms with Gasteiger partial charge >= 0.3 is 0 Å². The van der Waals surface area contributed by atoms with Crippen LogP contribution in [0.3, 0.4) is 0 Å². The van der Waals surface area contributed by atoms with Crippen molar-refractivity contribution in [3.8, 4) is 0 Å². The third-order valence-corrected chi connectivity index (χ3v) is 3.02. The molecule has 3 aromatic rings. The normalized spacial score (nSPS) is 10.5. The molecular formula is C16H16N3+. The molecule has 0 spiro atoms. The molecule has 2 aromatic heterocycles. The highest BCUT2D eigenvalue weighted by Gasteiger charge is 2.05. The average molecular weight is 250 g/mol. The molecule has 0 radical (unpaired) electrons. The minimum Gasteiger partial charge on any atom is -0.257 e. The molecule has 0 bridgehead atoms. The van der Waals surface area contributed by atoms with Crippen molar-refractivity contribution in [3.63, 3.8) is 0 Å². The van der Waals surface area contributed by atoms with Crippen molar-refractivity contribution >= 4 is 0 Å². The van der Waals surface area contributed by atoms with E-state index in [2.05, 4.69) is 57.1 Å². The fourth-order valence-corrected chi connectivity index (χ4v) is 2.10. The first-order chi connectivity index (χ1) is 9.40. The van der Waals surface area contributed by atoms with Crippen LogP contribution >= 0.6 is 0 Å². The Labute approximate surface area is 112 Å². The highest BCUT2D eigenvalue weighted by Crippen LogP contribution is 1.99. The van der Waals surface area contributed by atoms with E-state index < -0.39 is 0 Å². The van der Waals surface area contributed by atoms with Crippen molar-refractivity contribution in [1.82, 2.24) is 9.55 Å². The van der Waals surface area contributed by atoms with Crippen LogP contribution in [0, 0.1) is 0 Å². The van der Waals surface area contributed by atoms with Crippen LogP contribution in [0.25, 0.3) is 0 Å². The molecule has 3 heteroatoms. The number of nitrogens with zero attached hydrogens (tertiary/aromatic N) is 3. The van der Waals surface area contributed by atoms with Gasteiger partial charge in [-0.3, -0.25) is 4.98 Å². The second-order valence-electron chi connectivity index (χ2n) is 4.56. The quantitative estimate of drug-likeness (QED) is 0.651. The highest BCUT2D eigenvalue weighted by molar-refractivity contribution is 5.13. The SMILES string of the molecule is c1ccc(C[n+]2ccn(Cc3ccccn3)c2)cc1. The van der Waals surface area contributed by atoms with Crippen LogP contribution in [0.2, 0.25) is 0 Å². The van der Waals surface area contributed by atoms with E-state index >= 15 is 0 Å². The first kappa shape index (κ1) is 11.7. The van der Waals surface area contributed by atoms with Gasteiger partial charge in [0.05, 0.1) is 5.69 Å². The van der Waals surface area contributed by atoms with Crippen molar-refractivity contribution in [2.45, 2.75) is 13.1 Å². The van der Waals surface area contributed by atoms with Gasteiger partial charge in [-0.25, -0.2) is 9.13 Å². The van der Waals surface area contributed by atoms with Crippen molar-refractivity contribution in [1.29, 1.82) is 0 Å². The minimum absolute atomic E-state index is 0.808. The standard InChI is InChI=1S/C16H16N3/c1-2-6-15(7-3-1)12-18-10-11-19(14-18)13-16-8-4-5-9-17-16/h1-11,14H,12-13H2/q+1. The molecule has 0 aliphatic heterocycles. The fraction of sp³-hybridized carbons (Fsp3) is 0.125. The predicted octanol–water partition coefficient (Wildman–Crippen LogP) is 2.27. The van der Waals surface area contributed by atoms with Crippen LogP contribution in [0.1, 0.15) is 11.3 Å². The van der Waals surface area contributed by atoms with Gasteiger partial charge in [-0.2, -0.15) is 0 Å². The van der Waals surface area contributed by atoms with Gasteiger partial charge in [0.2, 0.25) is 6.33 Å². The van der Waals surface area contributed by atoms with E-state index in [0.29, 0.717) is 0 Å². The van der Waals surface area contributed by atoms with Crippen LogP contribution in [0.5, 0.6) is 0 Å². The third-order valence-electron chi connectivity index (χ3n) is 3.02. The molecule has 0 saturated carbocycles. The summed E-state index contributed by atoms with van der Waals surface area (Å²) in [5.41, 5.74) is 2.38. The lowest BCUT2D eigenvalue weighted by molar-refractivity contribution is -0.687. The van der Waals surface area contributed by atoms with Crippen LogP contribution < -0.4 is 4.57 Å². The average Bonchev–Trinajstić information content (AvgIpc) is 2.88. The summed E-state index contributed by atoms with van der Waals surface area (Å²) in [6, 6.07) is 16.5. The van der Waals surface area contributed by atoms with Gasteiger partial charge in [-0.1, -0.05) is 36.4 Å². The molecule has 3 rings (SSSR count). The lowest BCUT2D eigenvalue weighted by Gasteiger charge is -1.97. The molecule has 3 nitrogen and oxygen atoms in total. The van der Waals surface area contributed by atoms with E-state index in [-0.39, 0.29) is 0 Å². The largest absolute Gasteiger partial charge is 0.257 e. The number of hydrogen-bond acceptors (Lipinski definition) is 1. The molecule has 0 aliphatic carbocycles. The smallest absolute Gasteiger partial charge is 0.244 e. The number of rotatable bonds is 4. The first-order valence-electron chi connectivity index (χ1n) is 6.39.